The summed E-state index contributed by atoms with van der Waals surface area (Å²) < 4.78 is 53.0. The molecule has 18 heavy (non-hydrogen) atoms. The second kappa shape index (κ2) is 5.79. The Morgan fingerprint density at radius 2 is 1.56 bits per heavy atom. The quantitative estimate of drug-likeness (QED) is 0.747. The molecule has 0 aromatic heterocycles. The number of methoxy groups -OCH3 is 1. The molecule has 0 aliphatic rings. The van der Waals surface area contributed by atoms with E-state index in [1.165, 1.54) is 31.4 Å². The second-order valence-corrected chi connectivity index (χ2v) is 7.42. The highest BCUT2D eigenvalue weighted by Gasteiger charge is 2.14. The first kappa shape index (κ1) is 15.1. The van der Waals surface area contributed by atoms with Gasteiger partial charge >= 0.3 is 0 Å². The first-order valence-corrected chi connectivity index (χ1v) is 8.43. The molecule has 8 heteroatoms. The summed E-state index contributed by atoms with van der Waals surface area (Å²) in [6.07, 6.45) is 1.06. The van der Waals surface area contributed by atoms with E-state index in [9.17, 15) is 16.8 Å². The average molecular weight is 293 g/mol. The molecule has 1 N–H and O–H groups in total. The van der Waals surface area contributed by atoms with Crippen LogP contribution in [0.5, 0.6) is 0 Å². The maximum atomic E-state index is 11.8. The van der Waals surface area contributed by atoms with Crippen molar-refractivity contribution in [1.29, 1.82) is 0 Å². The van der Waals surface area contributed by atoms with E-state index in [1.807, 2.05) is 0 Å². The molecular weight excluding hydrogens is 278 g/mol. The van der Waals surface area contributed by atoms with Gasteiger partial charge in [0.05, 0.1) is 16.4 Å². The Labute approximate surface area is 107 Å². The molecule has 1 aromatic rings. The van der Waals surface area contributed by atoms with Crippen molar-refractivity contribution < 1.29 is 21.6 Å². The molecule has 0 radical (unpaired) electrons. The molecule has 0 heterocycles. The summed E-state index contributed by atoms with van der Waals surface area (Å²) in [5, 5.41) is 0. The molecule has 102 valence electrons. The van der Waals surface area contributed by atoms with E-state index in [0.717, 1.165) is 6.26 Å². The summed E-state index contributed by atoms with van der Waals surface area (Å²) in [6, 6.07) is 5.04. The van der Waals surface area contributed by atoms with Crippen molar-refractivity contribution in [3.63, 3.8) is 0 Å². The van der Waals surface area contributed by atoms with Gasteiger partial charge in [-0.05, 0) is 24.3 Å². The predicted octanol–water partition coefficient (Wildman–Crippen LogP) is 0.0148. The number of hydrogen-bond donors (Lipinski definition) is 1. The maximum Gasteiger partial charge on any atom is 0.240 e. The minimum Gasteiger partial charge on any atom is -0.383 e. The van der Waals surface area contributed by atoms with Gasteiger partial charge < -0.3 is 4.74 Å². The zero-order valence-corrected chi connectivity index (χ0v) is 11.7. The lowest BCUT2D eigenvalue weighted by Crippen LogP contribution is -2.27. The molecule has 0 bridgehead atoms. The third kappa shape index (κ3) is 4.05. The second-order valence-electron chi connectivity index (χ2n) is 3.63. The predicted molar refractivity (Wildman–Crippen MR) is 66.6 cm³/mol. The van der Waals surface area contributed by atoms with Crippen molar-refractivity contribution in [3.8, 4) is 0 Å². The number of nitrogens with one attached hydrogen (secondary N) is 1. The van der Waals surface area contributed by atoms with Crippen molar-refractivity contribution in [1.82, 2.24) is 4.72 Å². The molecule has 1 rings (SSSR count). The van der Waals surface area contributed by atoms with E-state index in [4.69, 9.17) is 4.74 Å². The van der Waals surface area contributed by atoms with Gasteiger partial charge in [-0.25, -0.2) is 21.6 Å². The molecule has 0 aliphatic carbocycles. The highest BCUT2D eigenvalue weighted by atomic mass is 32.2. The van der Waals surface area contributed by atoms with E-state index < -0.39 is 19.9 Å². The Morgan fingerprint density at radius 1 is 1.06 bits per heavy atom. The Bertz CT molecular complexity index is 590. The van der Waals surface area contributed by atoms with Crippen LogP contribution >= 0.6 is 0 Å². The summed E-state index contributed by atoms with van der Waals surface area (Å²) in [5.74, 6) is 0. The number of sulfonamides is 1. The van der Waals surface area contributed by atoms with Gasteiger partial charge in [0.25, 0.3) is 0 Å². The normalized spacial score (nSPS) is 12.6. The molecule has 0 aliphatic heterocycles. The molecule has 0 fully saturated rings. The standard InChI is InChI=1S/C10H15NO5S2/c1-16-8-7-11-18(14,15)10-5-3-9(4-6-10)17(2,12)13/h3-6,11H,7-8H2,1-2H3. The first-order chi connectivity index (χ1) is 8.27. The lowest BCUT2D eigenvalue weighted by molar-refractivity contribution is 0.204. The van der Waals surface area contributed by atoms with Crippen LogP contribution in [0.15, 0.2) is 34.1 Å². The highest BCUT2D eigenvalue weighted by molar-refractivity contribution is 7.90. The van der Waals surface area contributed by atoms with Crippen LogP contribution in [0.25, 0.3) is 0 Å². The minimum absolute atomic E-state index is 0.0194. The molecule has 0 atom stereocenters. The molecular formula is C10H15NO5S2. The van der Waals surface area contributed by atoms with Crippen LogP contribution < -0.4 is 4.72 Å². The summed E-state index contributed by atoms with van der Waals surface area (Å²) in [5.41, 5.74) is 0. The Hall–Kier alpha value is -0.960. The van der Waals surface area contributed by atoms with E-state index in [0.29, 0.717) is 0 Å². The third-order valence-corrected chi connectivity index (χ3v) is 4.77. The van der Waals surface area contributed by atoms with E-state index in [1.54, 1.807) is 0 Å². The molecule has 0 amide bonds. The molecule has 0 spiro atoms. The Balaban J connectivity index is 2.91. The van der Waals surface area contributed by atoms with Crippen molar-refractivity contribution in [2.45, 2.75) is 9.79 Å². The van der Waals surface area contributed by atoms with Gasteiger partial charge in [0.1, 0.15) is 0 Å². The van der Waals surface area contributed by atoms with Crippen LogP contribution in [0.1, 0.15) is 0 Å². The lowest BCUT2D eigenvalue weighted by atomic mass is 10.4. The summed E-state index contributed by atoms with van der Waals surface area (Å²) in [4.78, 5) is 0.101. The Morgan fingerprint density at radius 3 is 2.00 bits per heavy atom. The van der Waals surface area contributed by atoms with Gasteiger partial charge in [-0.15, -0.1) is 0 Å². The van der Waals surface area contributed by atoms with Crippen molar-refractivity contribution >= 4 is 19.9 Å². The summed E-state index contributed by atoms with van der Waals surface area (Å²) in [6.45, 7) is 0.424. The lowest BCUT2D eigenvalue weighted by Gasteiger charge is -2.06. The Kier molecular flexibility index (Phi) is 4.85. The van der Waals surface area contributed by atoms with Gasteiger partial charge in [0.2, 0.25) is 10.0 Å². The van der Waals surface area contributed by atoms with Crippen molar-refractivity contribution in [2.24, 2.45) is 0 Å². The monoisotopic (exact) mass is 293 g/mol. The van der Waals surface area contributed by atoms with Crippen molar-refractivity contribution in [2.75, 3.05) is 26.5 Å². The fourth-order valence-corrected chi connectivity index (χ4v) is 2.87. The highest BCUT2D eigenvalue weighted by Crippen LogP contribution is 2.13. The van der Waals surface area contributed by atoms with Crippen LogP contribution in [-0.2, 0) is 24.6 Å². The molecule has 6 nitrogen and oxygen atoms in total. The fourth-order valence-electron chi connectivity index (χ4n) is 1.23. The summed E-state index contributed by atoms with van der Waals surface area (Å²) in [7, 11) is -5.47. The maximum absolute atomic E-state index is 11.8. The largest absolute Gasteiger partial charge is 0.383 e. The number of ether oxygens (including phenoxy) is 1. The van der Waals surface area contributed by atoms with Gasteiger partial charge in [0.15, 0.2) is 9.84 Å². The zero-order chi connectivity index (χ0) is 13.8. The van der Waals surface area contributed by atoms with E-state index in [-0.39, 0.29) is 22.9 Å². The van der Waals surface area contributed by atoms with Crippen LogP contribution in [0.2, 0.25) is 0 Å². The first-order valence-electron chi connectivity index (χ1n) is 5.06. The average Bonchev–Trinajstić information content (AvgIpc) is 2.28. The van der Waals surface area contributed by atoms with Crippen LogP contribution in [0, 0.1) is 0 Å². The number of sulfone groups is 1. The van der Waals surface area contributed by atoms with Crippen molar-refractivity contribution in [3.05, 3.63) is 24.3 Å². The fraction of sp³-hybridized carbons (Fsp3) is 0.400. The zero-order valence-electron chi connectivity index (χ0n) is 10.1. The topological polar surface area (TPSA) is 89.5 Å². The van der Waals surface area contributed by atoms with E-state index >= 15 is 0 Å². The summed E-state index contributed by atoms with van der Waals surface area (Å²) >= 11 is 0. The SMILES string of the molecule is COCCNS(=O)(=O)c1ccc(S(C)(=O)=O)cc1. The van der Waals surface area contributed by atoms with Crippen LogP contribution in [0.4, 0.5) is 0 Å². The minimum atomic E-state index is -3.62. The third-order valence-electron chi connectivity index (χ3n) is 2.16. The van der Waals surface area contributed by atoms with Crippen LogP contribution in [-0.4, -0.2) is 43.4 Å². The number of hydrogen-bond acceptors (Lipinski definition) is 5. The molecule has 1 aromatic carbocycles. The molecule has 0 saturated heterocycles. The van der Waals surface area contributed by atoms with Gasteiger partial charge in [0, 0.05) is 19.9 Å². The smallest absolute Gasteiger partial charge is 0.240 e. The van der Waals surface area contributed by atoms with Gasteiger partial charge in [-0.1, -0.05) is 0 Å². The number of rotatable bonds is 6. The van der Waals surface area contributed by atoms with E-state index in [2.05, 4.69) is 4.72 Å². The van der Waals surface area contributed by atoms with Crippen LogP contribution in [0.3, 0.4) is 0 Å². The number of benzene rings is 1. The molecule has 0 unspecified atom stereocenters. The van der Waals surface area contributed by atoms with Gasteiger partial charge in [-0.2, -0.15) is 0 Å². The molecule has 0 saturated carbocycles. The van der Waals surface area contributed by atoms with Gasteiger partial charge in [-0.3, -0.25) is 0 Å².